The second kappa shape index (κ2) is 7.55. The highest BCUT2D eigenvalue weighted by molar-refractivity contribution is 8.00. The monoisotopic (exact) mass is 320 g/mol. The van der Waals surface area contributed by atoms with E-state index in [0.29, 0.717) is 12.2 Å². The van der Waals surface area contributed by atoms with Gasteiger partial charge in [-0.1, -0.05) is 17.2 Å². The first-order valence-corrected chi connectivity index (χ1v) is 7.64. The van der Waals surface area contributed by atoms with Gasteiger partial charge in [0.1, 0.15) is 0 Å². The lowest BCUT2D eigenvalue weighted by Gasteiger charge is -2.08. The fraction of sp³-hybridized carbons (Fsp3) is 0.308. The molecule has 0 aliphatic carbocycles. The van der Waals surface area contributed by atoms with Crippen LogP contribution in [-0.2, 0) is 16.1 Å². The smallest absolute Gasteiger partial charge is 0.270 e. The van der Waals surface area contributed by atoms with E-state index in [0.717, 1.165) is 4.90 Å². The summed E-state index contributed by atoms with van der Waals surface area (Å²) in [6.07, 6.45) is 0. The van der Waals surface area contributed by atoms with E-state index in [1.807, 2.05) is 25.1 Å². The number of aryl methyl sites for hydroxylation is 1. The van der Waals surface area contributed by atoms with Crippen LogP contribution < -0.4 is 10.6 Å². The van der Waals surface area contributed by atoms with Crippen molar-refractivity contribution in [3.63, 3.8) is 0 Å². The third-order valence-corrected chi connectivity index (χ3v) is 3.62. The summed E-state index contributed by atoms with van der Waals surface area (Å²) in [4.78, 5) is 25.2. The minimum Gasteiger partial charge on any atom is -0.325 e. The number of nitrogens with one attached hydrogen (secondary N) is 2. The average Bonchev–Trinajstić information content (AvgIpc) is 2.93. The molecule has 1 aromatic carbocycles. The number of nitrogens with zero attached hydrogens (tertiary/aromatic N) is 4. The average molecular weight is 320 g/mol. The van der Waals surface area contributed by atoms with Gasteiger partial charge in [-0.3, -0.25) is 14.9 Å². The van der Waals surface area contributed by atoms with Crippen LogP contribution in [-0.4, -0.2) is 37.8 Å². The summed E-state index contributed by atoms with van der Waals surface area (Å²) in [7, 11) is 0. The molecule has 0 fully saturated rings. The van der Waals surface area contributed by atoms with Crippen LogP contribution in [0.3, 0.4) is 0 Å². The maximum Gasteiger partial charge on any atom is 0.270 e. The molecule has 2 rings (SSSR count). The van der Waals surface area contributed by atoms with Crippen molar-refractivity contribution >= 4 is 35.2 Å². The van der Waals surface area contributed by atoms with Crippen molar-refractivity contribution in [2.24, 2.45) is 0 Å². The number of anilines is 2. The van der Waals surface area contributed by atoms with Gasteiger partial charge in [0.05, 0.1) is 18.0 Å². The van der Waals surface area contributed by atoms with Crippen molar-refractivity contribution in [2.75, 3.05) is 16.4 Å². The molecular formula is C13H16N6O2S. The third kappa shape index (κ3) is 4.55. The van der Waals surface area contributed by atoms with Gasteiger partial charge >= 0.3 is 0 Å². The lowest BCUT2D eigenvalue weighted by molar-refractivity contribution is -0.114. The van der Waals surface area contributed by atoms with Gasteiger partial charge in [0, 0.05) is 11.8 Å². The SMILES string of the molecule is CCn1nnc(NC(=O)CSc2ccccc2NC(C)=O)n1. The number of amides is 2. The molecule has 0 bridgehead atoms. The van der Waals surface area contributed by atoms with Crippen LogP contribution in [0.5, 0.6) is 0 Å². The molecule has 1 aromatic heterocycles. The van der Waals surface area contributed by atoms with E-state index in [2.05, 4.69) is 26.0 Å². The highest BCUT2D eigenvalue weighted by Crippen LogP contribution is 2.26. The van der Waals surface area contributed by atoms with Gasteiger partial charge in [-0.05, 0) is 24.3 Å². The molecule has 0 aliphatic rings. The van der Waals surface area contributed by atoms with E-state index < -0.39 is 0 Å². The zero-order valence-corrected chi connectivity index (χ0v) is 13.1. The van der Waals surface area contributed by atoms with Gasteiger partial charge < -0.3 is 5.32 Å². The predicted octanol–water partition coefficient (Wildman–Crippen LogP) is 1.38. The Morgan fingerprint density at radius 3 is 2.73 bits per heavy atom. The van der Waals surface area contributed by atoms with Crippen LogP contribution in [0.25, 0.3) is 0 Å². The Bertz CT molecular complexity index is 672. The zero-order chi connectivity index (χ0) is 15.9. The normalized spacial score (nSPS) is 10.3. The molecular weight excluding hydrogens is 304 g/mol. The number of aromatic nitrogens is 4. The van der Waals surface area contributed by atoms with Crippen LogP contribution in [0, 0.1) is 0 Å². The minimum absolute atomic E-state index is 0.155. The van der Waals surface area contributed by atoms with Crippen LogP contribution in [0.15, 0.2) is 29.2 Å². The van der Waals surface area contributed by atoms with E-state index in [4.69, 9.17) is 0 Å². The molecule has 0 aliphatic heterocycles. The number of hydrogen-bond donors (Lipinski definition) is 2. The fourth-order valence-electron chi connectivity index (χ4n) is 1.62. The largest absolute Gasteiger partial charge is 0.325 e. The fourth-order valence-corrected chi connectivity index (χ4v) is 2.42. The van der Waals surface area contributed by atoms with Crippen molar-refractivity contribution in [3.05, 3.63) is 24.3 Å². The van der Waals surface area contributed by atoms with Crippen molar-refractivity contribution in [3.8, 4) is 0 Å². The third-order valence-electron chi connectivity index (χ3n) is 2.54. The number of tetrazole rings is 1. The number of para-hydroxylation sites is 1. The molecule has 2 amide bonds. The summed E-state index contributed by atoms with van der Waals surface area (Å²) in [6, 6.07) is 7.30. The Balaban J connectivity index is 1.92. The summed E-state index contributed by atoms with van der Waals surface area (Å²) in [5.41, 5.74) is 0.683. The number of rotatable bonds is 6. The van der Waals surface area contributed by atoms with Crippen molar-refractivity contribution in [2.45, 2.75) is 25.3 Å². The molecule has 1 heterocycles. The van der Waals surface area contributed by atoms with Gasteiger partial charge in [0.15, 0.2) is 0 Å². The standard InChI is InChI=1S/C13H16N6O2S/c1-3-19-17-13(16-18-19)15-12(21)8-22-11-7-5-4-6-10(11)14-9(2)20/h4-7H,3,8H2,1-2H3,(H,14,20)(H,15,17,21). The molecule has 22 heavy (non-hydrogen) atoms. The van der Waals surface area contributed by atoms with E-state index in [1.54, 1.807) is 6.07 Å². The molecule has 2 aromatic rings. The Morgan fingerprint density at radius 1 is 1.27 bits per heavy atom. The predicted molar refractivity (Wildman–Crippen MR) is 83.6 cm³/mol. The molecule has 0 atom stereocenters. The lowest BCUT2D eigenvalue weighted by Crippen LogP contribution is -2.15. The van der Waals surface area contributed by atoms with Crippen molar-refractivity contribution in [1.29, 1.82) is 0 Å². The first-order valence-electron chi connectivity index (χ1n) is 6.65. The topological polar surface area (TPSA) is 102 Å². The van der Waals surface area contributed by atoms with Crippen LogP contribution in [0.4, 0.5) is 11.6 Å². The Labute approximate surface area is 131 Å². The maximum absolute atomic E-state index is 11.9. The van der Waals surface area contributed by atoms with Crippen LogP contribution in [0.1, 0.15) is 13.8 Å². The summed E-state index contributed by atoms with van der Waals surface area (Å²) < 4.78 is 0. The summed E-state index contributed by atoms with van der Waals surface area (Å²) in [5, 5.41) is 16.8. The lowest BCUT2D eigenvalue weighted by atomic mass is 10.3. The highest BCUT2D eigenvalue weighted by Gasteiger charge is 2.10. The minimum atomic E-state index is -0.238. The second-order valence-corrected chi connectivity index (χ2v) is 5.33. The molecule has 8 nitrogen and oxygen atoms in total. The summed E-state index contributed by atoms with van der Waals surface area (Å²) in [5.74, 6) is -0.0316. The Hall–Kier alpha value is -2.42. The van der Waals surface area contributed by atoms with E-state index >= 15 is 0 Å². The van der Waals surface area contributed by atoms with Gasteiger partial charge in [-0.25, -0.2) is 0 Å². The van der Waals surface area contributed by atoms with Gasteiger partial charge in [0.25, 0.3) is 5.95 Å². The number of benzene rings is 1. The Kier molecular flexibility index (Phi) is 5.48. The molecule has 0 saturated heterocycles. The summed E-state index contributed by atoms with van der Waals surface area (Å²) in [6.45, 7) is 3.90. The van der Waals surface area contributed by atoms with Gasteiger partial charge in [-0.15, -0.1) is 16.9 Å². The quantitative estimate of drug-likeness (QED) is 0.780. The van der Waals surface area contributed by atoms with E-state index in [-0.39, 0.29) is 23.5 Å². The van der Waals surface area contributed by atoms with E-state index in [9.17, 15) is 9.59 Å². The Morgan fingerprint density at radius 2 is 2.05 bits per heavy atom. The number of carbonyl (C=O) groups is 2. The molecule has 0 spiro atoms. The van der Waals surface area contributed by atoms with Gasteiger partial charge in [-0.2, -0.15) is 4.80 Å². The van der Waals surface area contributed by atoms with Gasteiger partial charge in [0.2, 0.25) is 11.8 Å². The number of hydrogen-bond acceptors (Lipinski definition) is 6. The van der Waals surface area contributed by atoms with E-state index in [1.165, 1.54) is 23.5 Å². The molecule has 116 valence electrons. The molecule has 0 unspecified atom stereocenters. The second-order valence-electron chi connectivity index (χ2n) is 4.32. The summed E-state index contributed by atoms with van der Waals surface area (Å²) >= 11 is 1.32. The number of carbonyl (C=O) groups excluding carboxylic acids is 2. The first kappa shape index (κ1) is 16.0. The molecule has 9 heteroatoms. The zero-order valence-electron chi connectivity index (χ0n) is 12.2. The highest BCUT2D eigenvalue weighted by atomic mass is 32.2. The molecule has 2 N–H and O–H groups in total. The number of thioether (sulfide) groups is 1. The van der Waals surface area contributed by atoms with Crippen LogP contribution >= 0.6 is 11.8 Å². The maximum atomic E-state index is 11.9. The first-order chi connectivity index (χ1) is 10.6. The van der Waals surface area contributed by atoms with Crippen molar-refractivity contribution < 1.29 is 9.59 Å². The molecule has 0 saturated carbocycles. The van der Waals surface area contributed by atoms with Crippen molar-refractivity contribution in [1.82, 2.24) is 20.2 Å². The molecule has 0 radical (unpaired) electrons. The van der Waals surface area contributed by atoms with Crippen LogP contribution in [0.2, 0.25) is 0 Å².